The fourth-order valence-corrected chi connectivity index (χ4v) is 2.48. The van der Waals surface area contributed by atoms with E-state index in [2.05, 4.69) is 5.32 Å². The normalized spacial score (nSPS) is 11.6. The predicted octanol–water partition coefficient (Wildman–Crippen LogP) is 2.03. The lowest BCUT2D eigenvalue weighted by Gasteiger charge is -2.16. The van der Waals surface area contributed by atoms with Crippen LogP contribution in [0.5, 0.6) is 0 Å². The van der Waals surface area contributed by atoms with Crippen molar-refractivity contribution >= 4 is 17.6 Å². The van der Waals surface area contributed by atoms with Crippen molar-refractivity contribution < 1.29 is 14.4 Å². The smallest absolute Gasteiger partial charge is 0.251 e. The minimum atomic E-state index is -0.565. The molecule has 0 aliphatic carbocycles. The second-order valence-corrected chi connectivity index (χ2v) is 5.99. The van der Waals surface area contributed by atoms with Gasteiger partial charge in [0.2, 0.25) is 5.91 Å². The third-order valence-corrected chi connectivity index (χ3v) is 3.95. The van der Waals surface area contributed by atoms with Crippen molar-refractivity contribution in [2.75, 3.05) is 0 Å². The minimum absolute atomic E-state index is 0.0877. The van der Waals surface area contributed by atoms with Crippen LogP contribution in [0, 0.1) is 0 Å². The molecule has 0 aromatic heterocycles. The molecule has 0 bridgehead atoms. The zero-order valence-corrected chi connectivity index (χ0v) is 14.2. The number of primary amides is 1. The lowest BCUT2D eigenvalue weighted by atomic mass is 10.0. The highest BCUT2D eigenvalue weighted by Crippen LogP contribution is 2.09. The Hall–Kier alpha value is -2.95. The molecule has 25 heavy (non-hydrogen) atoms. The zero-order chi connectivity index (χ0) is 18.2. The Kier molecular flexibility index (Phi) is 6.46. The van der Waals surface area contributed by atoms with Crippen LogP contribution in [-0.4, -0.2) is 23.6 Å². The highest BCUT2D eigenvalue weighted by molar-refractivity contribution is 5.97. The molecule has 2 aromatic carbocycles. The summed E-state index contributed by atoms with van der Waals surface area (Å²) in [5.41, 5.74) is 7.53. The molecule has 0 heterocycles. The molecule has 0 aliphatic rings. The molecule has 0 fully saturated rings. The van der Waals surface area contributed by atoms with Crippen molar-refractivity contribution in [2.45, 2.75) is 32.2 Å². The third-order valence-electron chi connectivity index (χ3n) is 3.95. The number of nitrogens with one attached hydrogen (secondary N) is 1. The Labute approximate surface area is 147 Å². The minimum Gasteiger partial charge on any atom is -0.370 e. The second kappa shape index (κ2) is 8.78. The molecule has 2 aromatic rings. The van der Waals surface area contributed by atoms with Crippen molar-refractivity contribution in [3.63, 3.8) is 0 Å². The SMILES string of the molecule is CC(=O)C(Cc1ccccc1)NC(=O)c1ccc(CCC(N)=O)cc1. The van der Waals surface area contributed by atoms with Crippen LogP contribution in [0.15, 0.2) is 54.6 Å². The maximum atomic E-state index is 12.4. The number of amides is 2. The van der Waals surface area contributed by atoms with E-state index in [-0.39, 0.29) is 24.0 Å². The van der Waals surface area contributed by atoms with Crippen LogP contribution < -0.4 is 11.1 Å². The molecule has 3 N–H and O–H groups in total. The molecule has 5 heteroatoms. The monoisotopic (exact) mass is 338 g/mol. The molecule has 2 rings (SSSR count). The number of aryl methyl sites for hydroxylation is 1. The molecule has 5 nitrogen and oxygen atoms in total. The van der Waals surface area contributed by atoms with Crippen LogP contribution in [0.2, 0.25) is 0 Å². The van der Waals surface area contributed by atoms with Gasteiger partial charge in [-0.25, -0.2) is 0 Å². The largest absolute Gasteiger partial charge is 0.370 e. The van der Waals surface area contributed by atoms with Crippen LogP contribution in [0.25, 0.3) is 0 Å². The fraction of sp³-hybridized carbons (Fsp3) is 0.250. The highest BCUT2D eigenvalue weighted by atomic mass is 16.2. The third kappa shape index (κ3) is 5.88. The van der Waals surface area contributed by atoms with E-state index in [1.165, 1.54) is 6.92 Å². The number of nitrogens with two attached hydrogens (primary N) is 1. The Morgan fingerprint density at radius 3 is 2.16 bits per heavy atom. The van der Waals surface area contributed by atoms with E-state index in [0.717, 1.165) is 11.1 Å². The Balaban J connectivity index is 2.00. The first-order chi connectivity index (χ1) is 12.0. The quantitative estimate of drug-likeness (QED) is 0.772. The summed E-state index contributed by atoms with van der Waals surface area (Å²) in [5, 5.41) is 2.79. The Morgan fingerprint density at radius 1 is 0.960 bits per heavy atom. The van der Waals surface area contributed by atoms with Gasteiger partial charge in [-0.05, 0) is 43.0 Å². The molecule has 0 saturated heterocycles. The van der Waals surface area contributed by atoms with Gasteiger partial charge < -0.3 is 11.1 Å². The van der Waals surface area contributed by atoms with E-state index in [1.54, 1.807) is 24.3 Å². The van der Waals surface area contributed by atoms with E-state index >= 15 is 0 Å². The number of hydrogen-bond acceptors (Lipinski definition) is 3. The molecule has 0 spiro atoms. The fourth-order valence-electron chi connectivity index (χ4n) is 2.48. The van der Waals surface area contributed by atoms with Crippen LogP contribution in [-0.2, 0) is 22.4 Å². The average molecular weight is 338 g/mol. The van der Waals surface area contributed by atoms with Gasteiger partial charge in [-0.3, -0.25) is 14.4 Å². The van der Waals surface area contributed by atoms with Gasteiger partial charge in [0.1, 0.15) is 0 Å². The van der Waals surface area contributed by atoms with E-state index < -0.39 is 6.04 Å². The van der Waals surface area contributed by atoms with Crippen LogP contribution in [0.4, 0.5) is 0 Å². The summed E-state index contributed by atoms with van der Waals surface area (Å²) in [6.07, 6.45) is 1.27. The van der Waals surface area contributed by atoms with Crippen molar-refractivity contribution in [1.29, 1.82) is 0 Å². The number of hydrogen-bond donors (Lipinski definition) is 2. The zero-order valence-electron chi connectivity index (χ0n) is 14.2. The van der Waals surface area contributed by atoms with Gasteiger partial charge in [-0.15, -0.1) is 0 Å². The lowest BCUT2D eigenvalue weighted by molar-refractivity contribution is -0.119. The maximum absolute atomic E-state index is 12.4. The first-order valence-corrected chi connectivity index (χ1v) is 8.18. The van der Waals surface area contributed by atoms with E-state index in [9.17, 15) is 14.4 Å². The summed E-state index contributed by atoms with van der Waals surface area (Å²) >= 11 is 0. The molecule has 1 atom stereocenters. The van der Waals surface area contributed by atoms with Crippen LogP contribution in [0.3, 0.4) is 0 Å². The number of carbonyl (C=O) groups is 3. The van der Waals surface area contributed by atoms with Crippen LogP contribution >= 0.6 is 0 Å². The first kappa shape index (κ1) is 18.4. The van der Waals surface area contributed by atoms with Gasteiger partial charge in [0, 0.05) is 12.0 Å². The molecule has 0 saturated carbocycles. The number of ketones is 1. The summed E-state index contributed by atoms with van der Waals surface area (Å²) in [6, 6.07) is 15.9. The number of rotatable bonds is 8. The number of Topliss-reactive ketones (excluding diaryl/α,β-unsaturated/α-hetero) is 1. The molecule has 130 valence electrons. The van der Waals surface area contributed by atoms with Gasteiger partial charge in [-0.2, -0.15) is 0 Å². The maximum Gasteiger partial charge on any atom is 0.251 e. The van der Waals surface area contributed by atoms with Gasteiger partial charge >= 0.3 is 0 Å². The van der Waals surface area contributed by atoms with E-state index in [4.69, 9.17) is 5.73 Å². The van der Waals surface area contributed by atoms with Crippen molar-refractivity contribution in [3.05, 3.63) is 71.3 Å². The van der Waals surface area contributed by atoms with Crippen molar-refractivity contribution in [2.24, 2.45) is 5.73 Å². The standard InChI is InChI=1S/C20H22N2O3/c1-14(23)18(13-16-5-3-2-4-6-16)22-20(25)17-10-7-15(8-11-17)9-12-19(21)24/h2-8,10-11,18H,9,12-13H2,1H3,(H2,21,24)(H,22,25). The number of benzene rings is 2. The summed E-state index contributed by atoms with van der Waals surface area (Å²) in [6.45, 7) is 1.47. The van der Waals surface area contributed by atoms with E-state index in [1.807, 2.05) is 30.3 Å². The highest BCUT2D eigenvalue weighted by Gasteiger charge is 2.18. The molecular weight excluding hydrogens is 316 g/mol. The van der Waals surface area contributed by atoms with Crippen LogP contribution in [0.1, 0.15) is 34.8 Å². The van der Waals surface area contributed by atoms with Gasteiger partial charge in [0.15, 0.2) is 5.78 Å². The molecule has 0 aliphatic heterocycles. The van der Waals surface area contributed by atoms with Gasteiger partial charge in [0.25, 0.3) is 5.91 Å². The lowest BCUT2D eigenvalue weighted by Crippen LogP contribution is -2.41. The Bertz CT molecular complexity index is 739. The molecule has 2 amide bonds. The predicted molar refractivity (Wildman–Crippen MR) is 96.0 cm³/mol. The molecular formula is C20H22N2O3. The summed E-state index contributed by atoms with van der Waals surface area (Å²) in [4.78, 5) is 35.1. The summed E-state index contributed by atoms with van der Waals surface area (Å²) < 4.78 is 0. The second-order valence-electron chi connectivity index (χ2n) is 5.99. The molecule has 1 unspecified atom stereocenters. The number of carbonyl (C=O) groups excluding carboxylic acids is 3. The van der Waals surface area contributed by atoms with E-state index in [0.29, 0.717) is 18.4 Å². The van der Waals surface area contributed by atoms with Crippen molar-refractivity contribution in [3.8, 4) is 0 Å². The summed E-state index contributed by atoms with van der Waals surface area (Å²) in [5.74, 6) is -0.736. The van der Waals surface area contributed by atoms with Gasteiger partial charge in [0.05, 0.1) is 6.04 Å². The first-order valence-electron chi connectivity index (χ1n) is 8.18. The van der Waals surface area contributed by atoms with Gasteiger partial charge in [-0.1, -0.05) is 42.5 Å². The summed E-state index contributed by atoms with van der Waals surface area (Å²) in [7, 11) is 0. The average Bonchev–Trinajstić information content (AvgIpc) is 2.60. The topological polar surface area (TPSA) is 89.3 Å². The molecule has 0 radical (unpaired) electrons. The van der Waals surface area contributed by atoms with Crippen molar-refractivity contribution in [1.82, 2.24) is 5.32 Å². The Morgan fingerprint density at radius 2 is 1.60 bits per heavy atom.